The number of nitrogens with one attached hydrogen (secondary N) is 1. The minimum Gasteiger partial charge on any atom is -0.466 e. The lowest BCUT2D eigenvalue weighted by molar-refractivity contribution is -0.136. The minimum absolute atomic E-state index is 0. The van der Waals surface area contributed by atoms with Gasteiger partial charge in [0, 0.05) is 35.6 Å². The number of dihydropyridines is 1. The van der Waals surface area contributed by atoms with Gasteiger partial charge in [-0.15, -0.1) is 12.4 Å². The molecule has 0 aliphatic carbocycles. The molecule has 0 fully saturated rings. The molecule has 2 aliphatic heterocycles. The number of carbonyl (C=O) groups is 2. The number of halogens is 2. The van der Waals surface area contributed by atoms with Gasteiger partial charge in [0.1, 0.15) is 5.82 Å². The number of hydrogen-bond donors (Lipinski definition) is 1. The highest BCUT2D eigenvalue weighted by Gasteiger charge is 2.41. The highest BCUT2D eigenvalue weighted by Crippen LogP contribution is 2.41. The molecule has 0 aromatic heterocycles. The second-order valence-corrected chi connectivity index (χ2v) is 7.56. The number of allylic oxidation sites excluding steroid dienone is 1. The van der Waals surface area contributed by atoms with Gasteiger partial charge in [-0.3, -0.25) is 9.69 Å². The molecule has 5 nitrogen and oxygen atoms in total. The zero-order valence-corrected chi connectivity index (χ0v) is 18.2. The van der Waals surface area contributed by atoms with Crippen molar-refractivity contribution in [3.8, 4) is 0 Å². The van der Waals surface area contributed by atoms with Crippen molar-refractivity contribution in [2.45, 2.75) is 19.4 Å². The SMILES string of the molecule is COC(=O)C1=C(C)NC2=C(C(=O)CN(Cc3ccccc3)C2)C1c1ccccc1F.Cl. The summed E-state index contributed by atoms with van der Waals surface area (Å²) in [5.41, 5.74) is 3.40. The van der Waals surface area contributed by atoms with Gasteiger partial charge < -0.3 is 10.1 Å². The van der Waals surface area contributed by atoms with Crippen molar-refractivity contribution in [3.63, 3.8) is 0 Å². The Balaban J connectivity index is 0.00000272. The second-order valence-electron chi connectivity index (χ2n) is 7.56. The van der Waals surface area contributed by atoms with Gasteiger partial charge in [-0.25, -0.2) is 9.18 Å². The van der Waals surface area contributed by atoms with Crippen LogP contribution in [0.2, 0.25) is 0 Å². The van der Waals surface area contributed by atoms with E-state index in [0.717, 1.165) is 5.56 Å². The predicted octanol–water partition coefficient (Wildman–Crippen LogP) is 3.72. The molecule has 0 saturated carbocycles. The van der Waals surface area contributed by atoms with E-state index in [1.165, 1.54) is 13.2 Å². The van der Waals surface area contributed by atoms with E-state index < -0.39 is 17.7 Å². The summed E-state index contributed by atoms with van der Waals surface area (Å²) in [6.07, 6.45) is 0. The Bertz CT molecular complexity index is 1070. The average Bonchev–Trinajstić information content (AvgIpc) is 2.73. The van der Waals surface area contributed by atoms with Crippen LogP contribution in [-0.4, -0.2) is 36.9 Å². The molecule has 1 unspecified atom stereocenters. The first kappa shape index (κ1) is 22.7. The number of esters is 1. The lowest BCUT2D eigenvalue weighted by atomic mass is 9.77. The van der Waals surface area contributed by atoms with Crippen LogP contribution in [0, 0.1) is 5.82 Å². The normalized spacial score (nSPS) is 18.8. The fourth-order valence-electron chi connectivity index (χ4n) is 4.27. The lowest BCUT2D eigenvalue weighted by Crippen LogP contribution is -2.45. The van der Waals surface area contributed by atoms with E-state index in [1.54, 1.807) is 25.1 Å². The van der Waals surface area contributed by atoms with Crippen molar-refractivity contribution in [2.24, 2.45) is 0 Å². The minimum atomic E-state index is -0.790. The van der Waals surface area contributed by atoms with Crippen molar-refractivity contribution >= 4 is 24.2 Å². The third kappa shape index (κ3) is 4.40. The molecule has 0 spiro atoms. The number of benzene rings is 2. The lowest BCUT2D eigenvalue weighted by Gasteiger charge is -2.38. The Hall–Kier alpha value is -2.96. The fourth-order valence-corrected chi connectivity index (χ4v) is 4.27. The number of ether oxygens (including phenoxy) is 1. The summed E-state index contributed by atoms with van der Waals surface area (Å²) >= 11 is 0. The first-order valence-corrected chi connectivity index (χ1v) is 9.82. The molecule has 7 heteroatoms. The van der Waals surface area contributed by atoms with E-state index in [4.69, 9.17) is 4.74 Å². The summed E-state index contributed by atoms with van der Waals surface area (Å²) < 4.78 is 19.7. The van der Waals surface area contributed by atoms with Crippen molar-refractivity contribution in [1.29, 1.82) is 0 Å². The van der Waals surface area contributed by atoms with E-state index >= 15 is 0 Å². The summed E-state index contributed by atoms with van der Waals surface area (Å²) in [7, 11) is 1.29. The largest absolute Gasteiger partial charge is 0.466 e. The first-order chi connectivity index (χ1) is 14.5. The Morgan fingerprint density at radius 1 is 1.13 bits per heavy atom. The molecule has 0 bridgehead atoms. The van der Waals surface area contributed by atoms with Crippen molar-refractivity contribution in [3.05, 3.63) is 94.1 Å². The molecule has 162 valence electrons. The quantitative estimate of drug-likeness (QED) is 0.731. The molecule has 0 amide bonds. The van der Waals surface area contributed by atoms with Crippen molar-refractivity contribution in [1.82, 2.24) is 10.2 Å². The zero-order valence-electron chi connectivity index (χ0n) is 17.4. The highest BCUT2D eigenvalue weighted by atomic mass is 35.5. The second kappa shape index (κ2) is 9.45. The van der Waals surface area contributed by atoms with Crippen LogP contribution in [0.3, 0.4) is 0 Å². The number of methoxy groups -OCH3 is 1. The maximum absolute atomic E-state index is 14.8. The third-order valence-corrected chi connectivity index (χ3v) is 5.56. The number of nitrogens with zero attached hydrogens (tertiary/aromatic N) is 1. The summed E-state index contributed by atoms with van der Waals surface area (Å²) in [5, 5.41) is 3.22. The number of rotatable bonds is 4. The van der Waals surface area contributed by atoms with E-state index in [0.29, 0.717) is 35.6 Å². The standard InChI is InChI=1S/C24H23FN2O3.ClH/c1-15-21(24(29)30-2)22(17-10-6-7-11-18(17)25)23-19(26-15)13-27(14-20(23)28)12-16-8-4-3-5-9-16;/h3-11,22,26H,12-14H2,1-2H3;1H. The molecule has 2 aromatic rings. The van der Waals surface area contributed by atoms with Crippen LogP contribution in [0.5, 0.6) is 0 Å². The molecular weight excluding hydrogens is 419 g/mol. The maximum Gasteiger partial charge on any atom is 0.336 e. The Morgan fingerprint density at radius 3 is 2.48 bits per heavy atom. The number of carbonyl (C=O) groups excluding carboxylic acids is 2. The molecule has 4 rings (SSSR count). The van der Waals surface area contributed by atoms with Crippen LogP contribution in [-0.2, 0) is 20.9 Å². The van der Waals surface area contributed by atoms with Crippen LogP contribution in [0.1, 0.15) is 24.0 Å². The zero-order chi connectivity index (χ0) is 21.3. The molecule has 2 aromatic carbocycles. The summed E-state index contributed by atoms with van der Waals surface area (Å²) in [6.45, 7) is 3.09. The molecule has 31 heavy (non-hydrogen) atoms. The third-order valence-electron chi connectivity index (χ3n) is 5.56. The van der Waals surface area contributed by atoms with E-state index in [2.05, 4.69) is 5.32 Å². The van der Waals surface area contributed by atoms with Gasteiger partial charge in [0.05, 0.1) is 25.1 Å². The van der Waals surface area contributed by atoms with Gasteiger partial charge in [-0.2, -0.15) is 0 Å². The number of ketones is 1. The van der Waals surface area contributed by atoms with Gasteiger partial charge in [-0.05, 0) is 18.6 Å². The smallest absolute Gasteiger partial charge is 0.336 e. The van der Waals surface area contributed by atoms with Crippen LogP contribution >= 0.6 is 12.4 Å². The van der Waals surface area contributed by atoms with Gasteiger partial charge >= 0.3 is 5.97 Å². The summed E-state index contributed by atoms with van der Waals surface area (Å²) in [5.74, 6) is -1.94. The predicted molar refractivity (Wildman–Crippen MR) is 118 cm³/mol. The topological polar surface area (TPSA) is 58.6 Å². The van der Waals surface area contributed by atoms with E-state index in [1.807, 2.05) is 35.2 Å². The van der Waals surface area contributed by atoms with Crippen molar-refractivity contribution < 1.29 is 18.7 Å². The van der Waals surface area contributed by atoms with Crippen LogP contribution in [0.15, 0.2) is 77.1 Å². The van der Waals surface area contributed by atoms with Crippen LogP contribution in [0.4, 0.5) is 4.39 Å². The fraction of sp³-hybridized carbons (Fsp3) is 0.250. The van der Waals surface area contributed by atoms with Crippen LogP contribution in [0.25, 0.3) is 0 Å². The van der Waals surface area contributed by atoms with Gasteiger partial charge in [0.15, 0.2) is 5.78 Å². The summed E-state index contributed by atoms with van der Waals surface area (Å²) in [4.78, 5) is 27.9. The Kier molecular flexibility index (Phi) is 6.93. The monoisotopic (exact) mass is 442 g/mol. The maximum atomic E-state index is 14.8. The first-order valence-electron chi connectivity index (χ1n) is 9.82. The average molecular weight is 443 g/mol. The molecule has 0 radical (unpaired) electrons. The van der Waals surface area contributed by atoms with Gasteiger partial charge in [-0.1, -0.05) is 48.5 Å². The van der Waals surface area contributed by atoms with Crippen molar-refractivity contribution in [2.75, 3.05) is 20.2 Å². The highest BCUT2D eigenvalue weighted by molar-refractivity contribution is 6.04. The number of hydrogen-bond acceptors (Lipinski definition) is 5. The Morgan fingerprint density at radius 2 is 1.81 bits per heavy atom. The Labute approximate surface area is 187 Å². The summed E-state index contributed by atoms with van der Waals surface area (Å²) in [6, 6.07) is 16.2. The van der Waals surface area contributed by atoms with E-state index in [-0.39, 0.29) is 30.3 Å². The molecule has 2 heterocycles. The number of Topliss-reactive ketones (excluding diaryl/α,β-unsaturated/α-hetero) is 1. The van der Waals surface area contributed by atoms with Crippen LogP contribution < -0.4 is 5.32 Å². The molecular formula is C24H24ClFN2O3. The van der Waals surface area contributed by atoms with Gasteiger partial charge in [0.2, 0.25) is 0 Å². The molecule has 2 aliphatic rings. The van der Waals surface area contributed by atoms with Gasteiger partial charge in [0.25, 0.3) is 0 Å². The van der Waals surface area contributed by atoms with E-state index in [9.17, 15) is 14.0 Å². The molecule has 0 saturated heterocycles. The molecule has 1 N–H and O–H groups in total. The molecule has 1 atom stereocenters.